The number of pyridine rings is 1. The highest BCUT2D eigenvalue weighted by Crippen LogP contribution is 2.13. The second-order valence-electron chi connectivity index (χ2n) is 2.21. The van der Waals surface area contributed by atoms with Crippen molar-refractivity contribution in [3.63, 3.8) is 0 Å². The number of thioether (sulfide) groups is 1. The summed E-state index contributed by atoms with van der Waals surface area (Å²) in [5, 5.41) is 12.2. The number of rotatable bonds is 1. The minimum Gasteiger partial charge on any atom is -0.334 e. The lowest BCUT2D eigenvalue weighted by Gasteiger charge is -2.04. The molecular formula is C8H7ClN4S. The van der Waals surface area contributed by atoms with Gasteiger partial charge < -0.3 is 5.32 Å². The van der Waals surface area contributed by atoms with Crippen LogP contribution in [0.3, 0.4) is 0 Å². The fraction of sp³-hybridized carbons (Fsp3) is 0.125. The number of halogens is 1. The molecule has 0 amide bonds. The average molecular weight is 227 g/mol. The van der Waals surface area contributed by atoms with E-state index in [0.717, 1.165) is 5.69 Å². The number of nitriles is 1. The van der Waals surface area contributed by atoms with Gasteiger partial charge in [0.2, 0.25) is 6.19 Å². The van der Waals surface area contributed by atoms with Crippen LogP contribution >= 0.6 is 23.4 Å². The van der Waals surface area contributed by atoms with Crippen molar-refractivity contribution >= 4 is 34.2 Å². The molecule has 1 heterocycles. The lowest BCUT2D eigenvalue weighted by Crippen LogP contribution is -2.06. The standard InChI is InChI=1S/C8H7ClN4S/c1-14-8(12-5-10)13-6-2-3-11-7(9)4-6/h2-4H,1H3,(H,11,12,13). The Morgan fingerprint density at radius 3 is 3.14 bits per heavy atom. The molecule has 0 saturated carbocycles. The molecular weight excluding hydrogens is 220 g/mol. The van der Waals surface area contributed by atoms with E-state index in [4.69, 9.17) is 16.9 Å². The minimum absolute atomic E-state index is 0.396. The molecule has 6 heteroatoms. The van der Waals surface area contributed by atoms with E-state index in [1.54, 1.807) is 24.5 Å². The van der Waals surface area contributed by atoms with Crippen LogP contribution in [0, 0.1) is 11.5 Å². The number of hydrogen-bond donors (Lipinski definition) is 1. The van der Waals surface area contributed by atoms with Gasteiger partial charge in [-0.15, -0.1) is 4.99 Å². The van der Waals surface area contributed by atoms with Crippen molar-refractivity contribution in [2.45, 2.75) is 0 Å². The summed E-state index contributed by atoms with van der Waals surface area (Å²) >= 11 is 7.03. The molecule has 1 aromatic rings. The maximum Gasteiger partial charge on any atom is 0.208 e. The summed E-state index contributed by atoms with van der Waals surface area (Å²) in [6.07, 6.45) is 5.11. The highest BCUT2D eigenvalue weighted by Gasteiger charge is 1.98. The third-order valence-corrected chi connectivity index (χ3v) is 2.11. The van der Waals surface area contributed by atoms with Gasteiger partial charge in [0.15, 0.2) is 5.17 Å². The zero-order chi connectivity index (χ0) is 10.4. The molecule has 4 nitrogen and oxygen atoms in total. The Morgan fingerprint density at radius 1 is 1.79 bits per heavy atom. The van der Waals surface area contributed by atoms with E-state index >= 15 is 0 Å². The molecule has 1 rings (SSSR count). The molecule has 72 valence electrons. The summed E-state index contributed by atoms with van der Waals surface area (Å²) in [6, 6.07) is 3.40. The lowest BCUT2D eigenvalue weighted by molar-refractivity contribution is 1.33. The maximum absolute atomic E-state index is 8.37. The molecule has 0 aliphatic rings. The highest BCUT2D eigenvalue weighted by molar-refractivity contribution is 8.13. The molecule has 0 unspecified atom stereocenters. The molecule has 1 N–H and O–H groups in total. The Hall–Kier alpha value is -1.25. The molecule has 0 aliphatic carbocycles. The van der Waals surface area contributed by atoms with Crippen LogP contribution in [-0.2, 0) is 0 Å². The average Bonchev–Trinajstić information content (AvgIpc) is 2.17. The number of aromatic nitrogens is 1. The van der Waals surface area contributed by atoms with Crippen molar-refractivity contribution < 1.29 is 0 Å². The second-order valence-corrected chi connectivity index (χ2v) is 3.40. The van der Waals surface area contributed by atoms with Crippen molar-refractivity contribution in [3.8, 4) is 6.19 Å². The predicted octanol–water partition coefficient (Wildman–Crippen LogP) is 2.35. The van der Waals surface area contributed by atoms with Crippen LogP contribution in [0.2, 0.25) is 5.15 Å². The topological polar surface area (TPSA) is 61.1 Å². The van der Waals surface area contributed by atoms with E-state index < -0.39 is 0 Å². The molecule has 0 spiro atoms. The van der Waals surface area contributed by atoms with Gasteiger partial charge in [0.05, 0.1) is 0 Å². The zero-order valence-electron chi connectivity index (χ0n) is 7.36. The molecule has 0 aliphatic heterocycles. The quantitative estimate of drug-likeness (QED) is 0.346. The molecule has 0 saturated heterocycles. The Balaban J connectivity index is 2.78. The Bertz CT molecular complexity index is 385. The first kappa shape index (κ1) is 10.8. The minimum atomic E-state index is 0.396. The largest absolute Gasteiger partial charge is 0.334 e. The van der Waals surface area contributed by atoms with E-state index in [1.807, 2.05) is 6.26 Å². The van der Waals surface area contributed by atoms with Gasteiger partial charge in [0.1, 0.15) is 5.15 Å². The van der Waals surface area contributed by atoms with E-state index in [0.29, 0.717) is 10.3 Å². The van der Waals surface area contributed by atoms with Gasteiger partial charge in [-0.3, -0.25) is 0 Å². The van der Waals surface area contributed by atoms with Gasteiger partial charge in [-0.25, -0.2) is 4.98 Å². The fourth-order valence-corrected chi connectivity index (χ4v) is 1.30. The summed E-state index contributed by atoms with van der Waals surface area (Å²) in [5.74, 6) is 0. The van der Waals surface area contributed by atoms with Gasteiger partial charge in [-0.1, -0.05) is 23.4 Å². The van der Waals surface area contributed by atoms with E-state index in [1.165, 1.54) is 11.8 Å². The van der Waals surface area contributed by atoms with E-state index in [-0.39, 0.29) is 0 Å². The van der Waals surface area contributed by atoms with Crippen molar-refractivity contribution in [2.75, 3.05) is 11.6 Å². The Morgan fingerprint density at radius 2 is 2.57 bits per heavy atom. The lowest BCUT2D eigenvalue weighted by atomic mass is 10.4. The molecule has 0 atom stereocenters. The second kappa shape index (κ2) is 5.47. The van der Waals surface area contributed by atoms with E-state index in [9.17, 15) is 0 Å². The van der Waals surface area contributed by atoms with Crippen molar-refractivity contribution in [1.29, 1.82) is 5.26 Å². The molecule has 14 heavy (non-hydrogen) atoms. The smallest absolute Gasteiger partial charge is 0.208 e. The summed E-state index contributed by atoms with van der Waals surface area (Å²) in [7, 11) is 0. The van der Waals surface area contributed by atoms with Gasteiger partial charge in [-0.05, 0) is 18.4 Å². The zero-order valence-corrected chi connectivity index (χ0v) is 8.93. The Labute approximate surface area is 91.0 Å². The van der Waals surface area contributed by atoms with Crippen LogP contribution in [0.4, 0.5) is 5.69 Å². The van der Waals surface area contributed by atoms with Gasteiger partial charge in [0.25, 0.3) is 0 Å². The van der Waals surface area contributed by atoms with Crippen molar-refractivity contribution in [3.05, 3.63) is 23.5 Å². The first-order valence-corrected chi connectivity index (χ1v) is 5.26. The maximum atomic E-state index is 8.37. The normalized spacial score (nSPS) is 10.8. The number of anilines is 1. The highest BCUT2D eigenvalue weighted by atomic mass is 35.5. The van der Waals surface area contributed by atoms with E-state index in [2.05, 4.69) is 15.3 Å². The summed E-state index contributed by atoms with van der Waals surface area (Å²) in [4.78, 5) is 7.41. The monoisotopic (exact) mass is 226 g/mol. The van der Waals surface area contributed by atoms with Crippen molar-refractivity contribution in [1.82, 2.24) is 4.98 Å². The van der Waals surface area contributed by atoms with Crippen LogP contribution in [-0.4, -0.2) is 16.4 Å². The number of aliphatic imine (C=N–C) groups is 1. The predicted molar refractivity (Wildman–Crippen MR) is 59.4 cm³/mol. The van der Waals surface area contributed by atoms with Crippen LogP contribution in [0.25, 0.3) is 0 Å². The molecule has 0 aromatic carbocycles. The Kier molecular flexibility index (Phi) is 4.23. The third kappa shape index (κ3) is 3.24. The van der Waals surface area contributed by atoms with Crippen LogP contribution < -0.4 is 5.32 Å². The summed E-state index contributed by atoms with van der Waals surface area (Å²) in [6.45, 7) is 0. The number of nitrogens with one attached hydrogen (secondary N) is 1. The SMILES string of the molecule is CS/C(=N\C#N)Nc1ccnc(Cl)c1. The van der Waals surface area contributed by atoms with Gasteiger partial charge in [-0.2, -0.15) is 5.26 Å². The number of amidine groups is 1. The van der Waals surface area contributed by atoms with Gasteiger partial charge in [0, 0.05) is 11.9 Å². The number of hydrogen-bond acceptors (Lipinski definition) is 4. The molecule has 0 bridgehead atoms. The third-order valence-electron chi connectivity index (χ3n) is 1.32. The van der Waals surface area contributed by atoms with Gasteiger partial charge >= 0.3 is 0 Å². The molecule has 0 fully saturated rings. The van der Waals surface area contributed by atoms with Crippen LogP contribution in [0.1, 0.15) is 0 Å². The summed E-state index contributed by atoms with van der Waals surface area (Å²) in [5.41, 5.74) is 0.758. The first-order chi connectivity index (χ1) is 6.76. The summed E-state index contributed by atoms with van der Waals surface area (Å²) < 4.78 is 0. The first-order valence-electron chi connectivity index (χ1n) is 3.65. The number of nitrogens with zero attached hydrogens (tertiary/aromatic N) is 3. The van der Waals surface area contributed by atoms with Crippen LogP contribution in [0.15, 0.2) is 23.3 Å². The molecule has 0 radical (unpaired) electrons. The van der Waals surface area contributed by atoms with Crippen molar-refractivity contribution in [2.24, 2.45) is 4.99 Å². The fourth-order valence-electron chi connectivity index (χ4n) is 0.774. The van der Waals surface area contributed by atoms with Crippen LogP contribution in [0.5, 0.6) is 0 Å². The molecule has 1 aromatic heterocycles.